The summed E-state index contributed by atoms with van der Waals surface area (Å²) in [6, 6.07) is 5.80. The maximum Gasteiger partial charge on any atom is 0.252 e. The standard InChI is InChI=1S/C13H15ClINO/c1-9-4-2-5-10(11(9)15)12(17)16-13(8-14)6-3-7-13/h2,4-5H,3,6-8H2,1H3,(H,16,17). The summed E-state index contributed by atoms with van der Waals surface area (Å²) in [6.07, 6.45) is 3.13. The van der Waals surface area contributed by atoms with Crippen molar-refractivity contribution in [3.63, 3.8) is 0 Å². The first-order valence-electron chi connectivity index (χ1n) is 5.72. The molecule has 0 spiro atoms. The third kappa shape index (κ3) is 2.60. The molecule has 0 aliphatic heterocycles. The van der Waals surface area contributed by atoms with E-state index in [0.717, 1.165) is 34.0 Å². The predicted molar refractivity (Wildman–Crippen MR) is 78.7 cm³/mol. The van der Waals surface area contributed by atoms with Crippen LogP contribution < -0.4 is 5.32 Å². The average Bonchev–Trinajstić information content (AvgIpc) is 2.27. The van der Waals surface area contributed by atoms with Crippen LogP contribution in [0.3, 0.4) is 0 Å². The molecule has 1 fully saturated rings. The molecular formula is C13H15ClINO. The molecule has 1 aliphatic rings. The van der Waals surface area contributed by atoms with Gasteiger partial charge in [-0.3, -0.25) is 4.79 Å². The predicted octanol–water partition coefficient (Wildman–Crippen LogP) is 3.49. The fourth-order valence-corrected chi connectivity index (χ4v) is 2.97. The van der Waals surface area contributed by atoms with Crippen LogP contribution in [0.4, 0.5) is 0 Å². The molecule has 0 aromatic heterocycles. The number of halogens is 2. The summed E-state index contributed by atoms with van der Waals surface area (Å²) in [6.45, 7) is 2.01. The molecule has 0 saturated heterocycles. The van der Waals surface area contributed by atoms with Crippen molar-refractivity contribution in [3.8, 4) is 0 Å². The second-order valence-corrected chi connectivity index (χ2v) is 6.00. The summed E-state index contributed by atoms with van der Waals surface area (Å²) in [4.78, 5) is 12.2. The molecule has 0 atom stereocenters. The molecule has 0 bridgehead atoms. The molecule has 0 heterocycles. The summed E-state index contributed by atoms with van der Waals surface area (Å²) in [7, 11) is 0. The molecule has 2 nitrogen and oxygen atoms in total. The second-order valence-electron chi connectivity index (χ2n) is 4.66. The number of hydrogen-bond donors (Lipinski definition) is 1. The van der Waals surface area contributed by atoms with Gasteiger partial charge in [0.15, 0.2) is 0 Å². The third-order valence-electron chi connectivity index (χ3n) is 3.38. The molecule has 1 N–H and O–H groups in total. The number of benzene rings is 1. The van der Waals surface area contributed by atoms with E-state index in [9.17, 15) is 4.79 Å². The fraction of sp³-hybridized carbons (Fsp3) is 0.462. The minimum Gasteiger partial charge on any atom is -0.345 e. The van der Waals surface area contributed by atoms with Crippen molar-refractivity contribution >= 4 is 40.1 Å². The van der Waals surface area contributed by atoms with Crippen LogP contribution >= 0.6 is 34.2 Å². The highest BCUT2D eigenvalue weighted by Gasteiger charge is 2.37. The van der Waals surface area contributed by atoms with Crippen molar-refractivity contribution in [2.45, 2.75) is 31.7 Å². The molecule has 1 aliphatic carbocycles. The van der Waals surface area contributed by atoms with E-state index in [-0.39, 0.29) is 11.4 Å². The Balaban J connectivity index is 2.17. The topological polar surface area (TPSA) is 29.1 Å². The Morgan fingerprint density at radius 1 is 1.53 bits per heavy atom. The number of rotatable bonds is 3. The van der Waals surface area contributed by atoms with Crippen LogP contribution in [0.25, 0.3) is 0 Å². The van der Waals surface area contributed by atoms with Crippen molar-refractivity contribution in [1.29, 1.82) is 0 Å². The van der Waals surface area contributed by atoms with Gasteiger partial charge in [-0.15, -0.1) is 11.6 Å². The highest BCUT2D eigenvalue weighted by Crippen LogP contribution is 2.33. The Morgan fingerprint density at radius 2 is 2.24 bits per heavy atom. The van der Waals surface area contributed by atoms with Crippen LogP contribution in [0, 0.1) is 10.5 Å². The highest BCUT2D eigenvalue weighted by molar-refractivity contribution is 14.1. The van der Waals surface area contributed by atoms with Gasteiger partial charge in [0.2, 0.25) is 0 Å². The van der Waals surface area contributed by atoms with E-state index in [2.05, 4.69) is 27.9 Å². The van der Waals surface area contributed by atoms with Crippen LogP contribution in [0.1, 0.15) is 35.2 Å². The lowest BCUT2D eigenvalue weighted by Crippen LogP contribution is -2.55. The van der Waals surface area contributed by atoms with Crippen molar-refractivity contribution in [3.05, 3.63) is 32.9 Å². The van der Waals surface area contributed by atoms with E-state index in [0.29, 0.717) is 5.88 Å². The lowest BCUT2D eigenvalue weighted by atomic mass is 9.78. The van der Waals surface area contributed by atoms with Crippen molar-refractivity contribution < 1.29 is 4.79 Å². The number of aryl methyl sites for hydroxylation is 1. The van der Waals surface area contributed by atoms with Gasteiger partial charge in [0.1, 0.15) is 0 Å². The van der Waals surface area contributed by atoms with Gasteiger partial charge in [0, 0.05) is 9.45 Å². The summed E-state index contributed by atoms with van der Waals surface area (Å²) in [5, 5.41) is 3.09. The zero-order chi connectivity index (χ0) is 12.5. The molecule has 2 rings (SSSR count). The zero-order valence-electron chi connectivity index (χ0n) is 9.72. The lowest BCUT2D eigenvalue weighted by molar-refractivity contribution is 0.0853. The summed E-state index contributed by atoms with van der Waals surface area (Å²) < 4.78 is 1.02. The maximum atomic E-state index is 12.2. The van der Waals surface area contributed by atoms with E-state index in [4.69, 9.17) is 11.6 Å². The number of nitrogens with one attached hydrogen (secondary N) is 1. The largest absolute Gasteiger partial charge is 0.345 e. The lowest BCUT2D eigenvalue weighted by Gasteiger charge is -2.41. The van der Waals surface area contributed by atoms with E-state index >= 15 is 0 Å². The molecule has 17 heavy (non-hydrogen) atoms. The van der Waals surface area contributed by atoms with E-state index in [1.54, 1.807) is 0 Å². The first-order valence-corrected chi connectivity index (χ1v) is 7.33. The molecule has 0 radical (unpaired) electrons. The Hall–Kier alpha value is -0.290. The molecule has 4 heteroatoms. The average molecular weight is 364 g/mol. The number of hydrogen-bond acceptors (Lipinski definition) is 1. The van der Waals surface area contributed by atoms with Crippen LogP contribution in [0.5, 0.6) is 0 Å². The Bertz CT molecular complexity index is 438. The van der Waals surface area contributed by atoms with E-state index in [1.807, 2.05) is 25.1 Å². The summed E-state index contributed by atoms with van der Waals surface area (Å²) in [5.74, 6) is 0.500. The monoisotopic (exact) mass is 363 g/mol. The van der Waals surface area contributed by atoms with Gasteiger partial charge >= 0.3 is 0 Å². The van der Waals surface area contributed by atoms with Gasteiger partial charge in [-0.05, 0) is 60.4 Å². The van der Waals surface area contributed by atoms with Gasteiger partial charge in [-0.25, -0.2) is 0 Å². The van der Waals surface area contributed by atoms with Gasteiger partial charge in [0.05, 0.1) is 11.1 Å². The third-order valence-corrected chi connectivity index (χ3v) is 5.33. The van der Waals surface area contributed by atoms with Gasteiger partial charge in [0.25, 0.3) is 5.91 Å². The SMILES string of the molecule is Cc1cccc(C(=O)NC2(CCl)CCC2)c1I. The minimum absolute atomic E-state index is 0.00144. The number of carbonyl (C=O) groups is 1. The van der Waals surface area contributed by atoms with Crippen LogP contribution in [0.2, 0.25) is 0 Å². The summed E-state index contributed by atoms with van der Waals surface area (Å²) >= 11 is 8.17. The molecule has 1 amide bonds. The Morgan fingerprint density at radius 3 is 2.76 bits per heavy atom. The zero-order valence-corrected chi connectivity index (χ0v) is 12.6. The number of carbonyl (C=O) groups excluding carboxylic acids is 1. The van der Waals surface area contributed by atoms with Crippen LogP contribution in [0.15, 0.2) is 18.2 Å². The van der Waals surface area contributed by atoms with Gasteiger partial charge in [-0.2, -0.15) is 0 Å². The smallest absolute Gasteiger partial charge is 0.252 e. The Kier molecular flexibility index (Phi) is 3.98. The first kappa shape index (κ1) is 13.1. The quantitative estimate of drug-likeness (QED) is 0.646. The van der Waals surface area contributed by atoms with E-state index < -0.39 is 0 Å². The van der Waals surface area contributed by atoms with Crippen LogP contribution in [-0.2, 0) is 0 Å². The second kappa shape index (κ2) is 5.14. The maximum absolute atomic E-state index is 12.2. The molecule has 92 valence electrons. The Labute approximate surface area is 120 Å². The highest BCUT2D eigenvalue weighted by atomic mass is 127. The summed E-state index contributed by atoms with van der Waals surface area (Å²) in [5.41, 5.74) is 1.72. The van der Waals surface area contributed by atoms with Crippen molar-refractivity contribution in [1.82, 2.24) is 5.32 Å². The van der Waals surface area contributed by atoms with Gasteiger partial charge < -0.3 is 5.32 Å². The first-order chi connectivity index (χ1) is 8.08. The molecular weight excluding hydrogens is 349 g/mol. The minimum atomic E-state index is -0.161. The van der Waals surface area contributed by atoms with Crippen molar-refractivity contribution in [2.75, 3.05) is 5.88 Å². The normalized spacial score (nSPS) is 17.4. The fourth-order valence-electron chi connectivity index (χ4n) is 2.03. The molecule has 0 unspecified atom stereocenters. The van der Waals surface area contributed by atoms with E-state index in [1.165, 1.54) is 0 Å². The van der Waals surface area contributed by atoms with Crippen LogP contribution in [-0.4, -0.2) is 17.3 Å². The molecule has 1 saturated carbocycles. The van der Waals surface area contributed by atoms with Crippen molar-refractivity contribution in [2.24, 2.45) is 0 Å². The molecule has 1 aromatic rings. The number of alkyl halides is 1. The van der Waals surface area contributed by atoms with Gasteiger partial charge in [-0.1, -0.05) is 12.1 Å². The number of amides is 1. The molecule has 1 aromatic carbocycles.